The zero-order valence-corrected chi connectivity index (χ0v) is 11.3. The van der Waals surface area contributed by atoms with Gasteiger partial charge in [-0.15, -0.1) is 0 Å². The Labute approximate surface area is 111 Å². The van der Waals surface area contributed by atoms with Crippen LogP contribution in [-0.4, -0.2) is 38.3 Å². The molecule has 0 aliphatic carbocycles. The molecule has 2 heterocycles. The van der Waals surface area contributed by atoms with Gasteiger partial charge in [-0.2, -0.15) is 5.10 Å². The largest absolute Gasteiger partial charge is 0.391 e. The van der Waals surface area contributed by atoms with E-state index >= 15 is 0 Å². The molecule has 2 aromatic rings. The smallest absolute Gasteiger partial charge is 0.254 e. The van der Waals surface area contributed by atoms with Crippen molar-refractivity contribution in [3.05, 3.63) is 29.2 Å². The summed E-state index contributed by atoms with van der Waals surface area (Å²) < 4.78 is 1.65. The van der Waals surface area contributed by atoms with Crippen LogP contribution in [0.1, 0.15) is 35.1 Å². The highest BCUT2D eigenvalue weighted by molar-refractivity contribution is 5.95. The molecule has 1 amide bonds. The zero-order valence-electron chi connectivity index (χ0n) is 11.3. The number of carbonyl (C=O) groups excluding carboxylic acids is 1. The van der Waals surface area contributed by atoms with Crippen molar-refractivity contribution in [2.75, 3.05) is 6.54 Å². The first-order chi connectivity index (χ1) is 9.02. The first-order valence-corrected chi connectivity index (χ1v) is 6.31. The van der Waals surface area contributed by atoms with E-state index in [-0.39, 0.29) is 12.5 Å². The van der Waals surface area contributed by atoms with E-state index in [9.17, 15) is 9.90 Å². The number of aliphatic hydroxyl groups is 1. The van der Waals surface area contributed by atoms with E-state index in [4.69, 9.17) is 0 Å². The average Bonchev–Trinajstić information content (AvgIpc) is 2.77. The minimum atomic E-state index is -0.520. The summed E-state index contributed by atoms with van der Waals surface area (Å²) in [5.74, 6) is -0.243. The maximum absolute atomic E-state index is 12.0. The van der Waals surface area contributed by atoms with Gasteiger partial charge in [0.1, 0.15) is 0 Å². The number of aliphatic hydroxyl groups excluding tert-OH is 1. The van der Waals surface area contributed by atoms with Crippen LogP contribution in [0.5, 0.6) is 0 Å². The topological polar surface area (TPSA) is 79.5 Å². The molecule has 0 radical (unpaired) electrons. The maximum Gasteiger partial charge on any atom is 0.254 e. The number of nitrogens with one attached hydrogen (secondary N) is 1. The van der Waals surface area contributed by atoms with Gasteiger partial charge in [-0.05, 0) is 20.3 Å². The van der Waals surface area contributed by atoms with Crippen molar-refractivity contribution in [3.63, 3.8) is 0 Å². The summed E-state index contributed by atoms with van der Waals surface area (Å²) in [4.78, 5) is 16.2. The molecule has 1 unspecified atom stereocenters. The molecule has 0 aliphatic rings. The molecule has 2 N–H and O–H groups in total. The maximum atomic E-state index is 12.0. The van der Waals surface area contributed by atoms with Crippen LogP contribution >= 0.6 is 0 Å². The number of aromatic nitrogens is 3. The highest BCUT2D eigenvalue weighted by Crippen LogP contribution is 2.10. The van der Waals surface area contributed by atoms with Gasteiger partial charge in [-0.3, -0.25) is 4.79 Å². The fourth-order valence-electron chi connectivity index (χ4n) is 1.84. The molecule has 2 rings (SSSR count). The molecule has 102 valence electrons. The third-order valence-corrected chi connectivity index (χ3v) is 3.06. The lowest BCUT2D eigenvalue weighted by atomic mass is 10.2. The van der Waals surface area contributed by atoms with E-state index in [0.29, 0.717) is 12.0 Å². The second-order valence-corrected chi connectivity index (χ2v) is 4.59. The summed E-state index contributed by atoms with van der Waals surface area (Å²) in [6.07, 6.45) is 1.63. The Kier molecular flexibility index (Phi) is 3.80. The van der Waals surface area contributed by atoms with Crippen LogP contribution in [-0.2, 0) is 0 Å². The van der Waals surface area contributed by atoms with Crippen LogP contribution in [0.25, 0.3) is 5.65 Å². The van der Waals surface area contributed by atoms with Crippen molar-refractivity contribution in [2.24, 2.45) is 0 Å². The molecule has 0 aromatic carbocycles. The SMILES string of the molecule is CCC(O)CNC(=O)c1cnc2cc(C)nn2c1C. The Morgan fingerprint density at radius 1 is 1.53 bits per heavy atom. The molecule has 0 saturated carbocycles. The molecule has 0 spiro atoms. The quantitative estimate of drug-likeness (QED) is 0.856. The van der Waals surface area contributed by atoms with Gasteiger partial charge >= 0.3 is 0 Å². The molecule has 2 aromatic heterocycles. The zero-order chi connectivity index (χ0) is 14.0. The number of fused-ring (bicyclic) bond motifs is 1. The summed E-state index contributed by atoms with van der Waals surface area (Å²) in [6, 6.07) is 1.86. The van der Waals surface area contributed by atoms with Gasteiger partial charge in [0, 0.05) is 18.8 Å². The van der Waals surface area contributed by atoms with Crippen molar-refractivity contribution in [1.29, 1.82) is 0 Å². The molecular weight excluding hydrogens is 244 g/mol. The van der Waals surface area contributed by atoms with Crippen LogP contribution in [0.4, 0.5) is 0 Å². The fourth-order valence-corrected chi connectivity index (χ4v) is 1.84. The summed E-state index contributed by atoms with van der Waals surface area (Å²) in [7, 11) is 0. The summed E-state index contributed by atoms with van der Waals surface area (Å²) >= 11 is 0. The fraction of sp³-hybridized carbons (Fsp3) is 0.462. The van der Waals surface area contributed by atoms with Gasteiger partial charge < -0.3 is 10.4 Å². The Bertz CT molecular complexity index is 606. The van der Waals surface area contributed by atoms with E-state index in [1.165, 1.54) is 0 Å². The minimum Gasteiger partial charge on any atom is -0.391 e. The monoisotopic (exact) mass is 262 g/mol. The number of carbonyl (C=O) groups is 1. The third-order valence-electron chi connectivity index (χ3n) is 3.06. The molecule has 0 saturated heterocycles. The Balaban J connectivity index is 2.24. The van der Waals surface area contributed by atoms with E-state index < -0.39 is 6.10 Å². The Morgan fingerprint density at radius 3 is 2.95 bits per heavy atom. The number of nitrogens with zero attached hydrogens (tertiary/aromatic N) is 3. The molecule has 0 aliphatic heterocycles. The lowest BCUT2D eigenvalue weighted by Crippen LogP contribution is -2.32. The van der Waals surface area contributed by atoms with Gasteiger partial charge in [0.05, 0.1) is 23.1 Å². The van der Waals surface area contributed by atoms with E-state index in [0.717, 1.165) is 17.0 Å². The highest BCUT2D eigenvalue weighted by Gasteiger charge is 2.14. The first-order valence-electron chi connectivity index (χ1n) is 6.31. The van der Waals surface area contributed by atoms with E-state index in [2.05, 4.69) is 15.4 Å². The third kappa shape index (κ3) is 2.73. The predicted molar refractivity (Wildman–Crippen MR) is 71.1 cm³/mol. The number of amides is 1. The Hall–Kier alpha value is -1.95. The number of aryl methyl sites for hydroxylation is 2. The molecule has 0 bridgehead atoms. The summed E-state index contributed by atoms with van der Waals surface area (Å²) in [5.41, 5.74) is 2.79. The van der Waals surface area contributed by atoms with Crippen LogP contribution < -0.4 is 5.32 Å². The van der Waals surface area contributed by atoms with Crippen molar-refractivity contribution in [1.82, 2.24) is 19.9 Å². The van der Waals surface area contributed by atoms with Crippen molar-refractivity contribution in [2.45, 2.75) is 33.3 Å². The van der Waals surface area contributed by atoms with E-state index in [1.54, 1.807) is 10.7 Å². The van der Waals surface area contributed by atoms with Gasteiger partial charge in [0.2, 0.25) is 0 Å². The molecule has 19 heavy (non-hydrogen) atoms. The van der Waals surface area contributed by atoms with Gasteiger partial charge in [-0.1, -0.05) is 6.92 Å². The standard InChI is InChI=1S/C13H18N4O2/c1-4-10(18)6-15-13(19)11-7-14-12-5-8(2)16-17(12)9(11)3/h5,7,10,18H,4,6H2,1-3H3,(H,15,19). The second-order valence-electron chi connectivity index (χ2n) is 4.59. The molecule has 6 nitrogen and oxygen atoms in total. The second kappa shape index (κ2) is 5.36. The molecule has 0 fully saturated rings. The average molecular weight is 262 g/mol. The van der Waals surface area contributed by atoms with Crippen LogP contribution in [0.15, 0.2) is 12.3 Å². The number of hydrogen-bond donors (Lipinski definition) is 2. The van der Waals surface area contributed by atoms with Gasteiger partial charge in [-0.25, -0.2) is 9.50 Å². The van der Waals surface area contributed by atoms with Crippen LogP contribution in [0.2, 0.25) is 0 Å². The van der Waals surface area contributed by atoms with Crippen LogP contribution in [0.3, 0.4) is 0 Å². The predicted octanol–water partition coefficient (Wildman–Crippen LogP) is 0.847. The lowest BCUT2D eigenvalue weighted by molar-refractivity contribution is 0.0912. The first kappa shape index (κ1) is 13.5. The van der Waals surface area contributed by atoms with Crippen LogP contribution in [0, 0.1) is 13.8 Å². The Morgan fingerprint density at radius 2 is 2.26 bits per heavy atom. The molecule has 1 atom stereocenters. The van der Waals surface area contributed by atoms with Gasteiger partial charge in [0.25, 0.3) is 5.91 Å². The number of hydrogen-bond acceptors (Lipinski definition) is 4. The van der Waals surface area contributed by atoms with Crippen molar-refractivity contribution >= 4 is 11.6 Å². The molecule has 6 heteroatoms. The summed E-state index contributed by atoms with van der Waals surface area (Å²) in [5, 5.41) is 16.4. The van der Waals surface area contributed by atoms with Gasteiger partial charge in [0.15, 0.2) is 5.65 Å². The lowest BCUT2D eigenvalue weighted by Gasteiger charge is -2.11. The minimum absolute atomic E-state index is 0.241. The molecular formula is C13H18N4O2. The summed E-state index contributed by atoms with van der Waals surface area (Å²) in [6.45, 7) is 5.81. The number of rotatable bonds is 4. The van der Waals surface area contributed by atoms with Crippen molar-refractivity contribution in [3.8, 4) is 0 Å². The highest BCUT2D eigenvalue weighted by atomic mass is 16.3. The van der Waals surface area contributed by atoms with Crippen molar-refractivity contribution < 1.29 is 9.90 Å². The normalized spacial score (nSPS) is 12.6. The van der Waals surface area contributed by atoms with E-state index in [1.807, 2.05) is 26.8 Å².